The number of imidazole rings is 1. The third-order valence-electron chi connectivity index (χ3n) is 5.55. The number of hydrogen-bond acceptors (Lipinski definition) is 2. The molecule has 29 heavy (non-hydrogen) atoms. The molecule has 1 amide bonds. The number of alkyl halides is 2. The predicted octanol–water partition coefficient (Wildman–Crippen LogP) is 5.21. The zero-order valence-electron chi connectivity index (χ0n) is 16.2. The number of hydrogen-bond donors (Lipinski definition) is 1. The van der Waals surface area contributed by atoms with Crippen molar-refractivity contribution in [3.05, 3.63) is 77.9 Å². The van der Waals surface area contributed by atoms with E-state index in [0.29, 0.717) is 24.6 Å². The molecule has 0 bridgehead atoms. The minimum absolute atomic E-state index is 0.00833. The van der Waals surface area contributed by atoms with Gasteiger partial charge >= 0.3 is 0 Å². The molecule has 0 saturated carbocycles. The summed E-state index contributed by atoms with van der Waals surface area (Å²) in [5, 5.41) is 0. The van der Waals surface area contributed by atoms with Crippen molar-refractivity contribution in [3.63, 3.8) is 0 Å². The minimum Gasteiger partial charge on any atom is -0.348 e. The highest BCUT2D eigenvalue weighted by Crippen LogP contribution is 2.30. The Hall–Kier alpha value is -3.02. The molecule has 4 rings (SSSR count). The highest BCUT2D eigenvalue weighted by Gasteiger charge is 2.26. The Bertz CT molecular complexity index is 953. The van der Waals surface area contributed by atoms with Crippen LogP contribution in [0.4, 0.5) is 8.78 Å². The van der Waals surface area contributed by atoms with Crippen LogP contribution in [0.5, 0.6) is 0 Å². The quantitative estimate of drug-likeness (QED) is 0.659. The minimum atomic E-state index is -2.85. The fourth-order valence-corrected chi connectivity index (χ4v) is 3.80. The maximum atomic E-state index is 13.4. The van der Waals surface area contributed by atoms with E-state index in [1.807, 2.05) is 23.2 Å². The molecule has 1 aliphatic heterocycles. The van der Waals surface area contributed by atoms with E-state index in [9.17, 15) is 13.6 Å². The summed E-state index contributed by atoms with van der Waals surface area (Å²) < 4.78 is 26.7. The van der Waals surface area contributed by atoms with Crippen LogP contribution in [-0.4, -0.2) is 33.9 Å². The molecule has 6 heteroatoms. The number of H-pyrrole nitrogens is 1. The third-order valence-corrected chi connectivity index (χ3v) is 5.55. The van der Waals surface area contributed by atoms with E-state index < -0.39 is 5.92 Å². The predicted molar refractivity (Wildman–Crippen MR) is 108 cm³/mol. The Morgan fingerprint density at radius 2 is 1.62 bits per heavy atom. The number of nitrogens with one attached hydrogen (secondary N) is 1. The molecule has 2 heterocycles. The van der Waals surface area contributed by atoms with Gasteiger partial charge in [0, 0.05) is 49.5 Å². The molecule has 1 aromatic heterocycles. The maximum absolute atomic E-state index is 13.4. The average molecular weight is 395 g/mol. The first kappa shape index (κ1) is 19.3. The molecule has 1 fully saturated rings. The molecule has 150 valence electrons. The van der Waals surface area contributed by atoms with Crippen LogP contribution in [0.2, 0.25) is 0 Å². The van der Waals surface area contributed by atoms with Gasteiger partial charge in [-0.25, -0.2) is 13.8 Å². The van der Waals surface area contributed by atoms with Crippen molar-refractivity contribution in [1.82, 2.24) is 14.9 Å². The zero-order chi connectivity index (χ0) is 20.4. The van der Waals surface area contributed by atoms with Gasteiger partial charge in [-0.05, 0) is 36.1 Å². The van der Waals surface area contributed by atoms with E-state index in [1.54, 1.807) is 30.5 Å². The van der Waals surface area contributed by atoms with Crippen LogP contribution in [0, 0.1) is 0 Å². The van der Waals surface area contributed by atoms with Gasteiger partial charge < -0.3 is 9.88 Å². The fourth-order valence-electron chi connectivity index (χ4n) is 3.80. The molecule has 1 saturated heterocycles. The fraction of sp³-hybridized carbons (Fsp3) is 0.304. The number of aromatic nitrogens is 2. The van der Waals surface area contributed by atoms with Gasteiger partial charge in [0.25, 0.3) is 11.8 Å². The van der Waals surface area contributed by atoms with Gasteiger partial charge in [-0.1, -0.05) is 36.4 Å². The van der Waals surface area contributed by atoms with Crippen LogP contribution < -0.4 is 0 Å². The highest BCUT2D eigenvalue weighted by atomic mass is 19.3. The summed E-state index contributed by atoms with van der Waals surface area (Å²) >= 11 is 0. The average Bonchev–Trinajstić information content (AvgIpc) is 3.28. The van der Waals surface area contributed by atoms with E-state index in [-0.39, 0.29) is 11.5 Å². The monoisotopic (exact) mass is 395 g/mol. The van der Waals surface area contributed by atoms with Crippen molar-refractivity contribution in [1.29, 1.82) is 0 Å². The Kier molecular flexibility index (Phi) is 5.18. The summed E-state index contributed by atoms with van der Waals surface area (Å²) in [5.41, 5.74) is 2.37. The van der Waals surface area contributed by atoms with E-state index in [4.69, 9.17) is 0 Å². The summed E-state index contributed by atoms with van der Waals surface area (Å²) in [7, 11) is 0. The van der Waals surface area contributed by atoms with Crippen molar-refractivity contribution >= 4 is 5.91 Å². The Balaban J connectivity index is 1.41. The van der Waals surface area contributed by atoms with Gasteiger partial charge in [0.15, 0.2) is 0 Å². The number of amides is 1. The van der Waals surface area contributed by atoms with E-state index in [2.05, 4.69) is 9.97 Å². The van der Waals surface area contributed by atoms with Crippen molar-refractivity contribution in [2.75, 3.05) is 13.1 Å². The molecule has 0 unspecified atom stereocenters. The lowest BCUT2D eigenvalue weighted by molar-refractivity contribution is 0.0175. The SMILES string of the molecule is CC(F)(F)c1ccc(-c2ccc(C(=O)N3CCC(c4ncc[nH]4)CC3)cc2)cc1. The Morgan fingerprint density at radius 3 is 2.14 bits per heavy atom. The number of aromatic amines is 1. The normalized spacial score (nSPS) is 15.5. The molecule has 1 N–H and O–H groups in total. The molecule has 0 spiro atoms. The number of likely N-dealkylation sites (tertiary alicyclic amines) is 1. The Labute approximate surface area is 168 Å². The number of rotatable bonds is 4. The zero-order valence-corrected chi connectivity index (χ0v) is 16.2. The molecule has 4 nitrogen and oxygen atoms in total. The molecule has 0 atom stereocenters. The maximum Gasteiger partial charge on any atom is 0.270 e. The van der Waals surface area contributed by atoms with Crippen molar-refractivity contribution in [3.8, 4) is 11.1 Å². The number of nitrogens with zero attached hydrogens (tertiary/aromatic N) is 2. The van der Waals surface area contributed by atoms with E-state index >= 15 is 0 Å². The molecule has 0 radical (unpaired) electrons. The number of carbonyl (C=O) groups excluding carboxylic acids is 1. The second-order valence-electron chi connectivity index (χ2n) is 7.58. The van der Waals surface area contributed by atoms with Gasteiger partial charge in [-0.2, -0.15) is 0 Å². The lowest BCUT2D eigenvalue weighted by Crippen LogP contribution is -2.38. The first-order valence-electron chi connectivity index (χ1n) is 9.79. The molecule has 0 aliphatic carbocycles. The van der Waals surface area contributed by atoms with Crippen molar-refractivity contribution in [2.24, 2.45) is 0 Å². The van der Waals surface area contributed by atoms with Crippen LogP contribution in [0.25, 0.3) is 11.1 Å². The molecular formula is C23H23F2N3O. The number of carbonyl (C=O) groups is 1. The largest absolute Gasteiger partial charge is 0.348 e. The van der Waals surface area contributed by atoms with Crippen molar-refractivity contribution < 1.29 is 13.6 Å². The molecular weight excluding hydrogens is 372 g/mol. The molecule has 2 aromatic carbocycles. The highest BCUT2D eigenvalue weighted by molar-refractivity contribution is 5.94. The van der Waals surface area contributed by atoms with Crippen LogP contribution >= 0.6 is 0 Å². The summed E-state index contributed by atoms with van der Waals surface area (Å²) in [6.45, 7) is 2.30. The summed E-state index contributed by atoms with van der Waals surface area (Å²) in [4.78, 5) is 22.2. The Morgan fingerprint density at radius 1 is 1.03 bits per heavy atom. The summed E-state index contributed by atoms with van der Waals surface area (Å²) in [6, 6.07) is 13.6. The second-order valence-corrected chi connectivity index (χ2v) is 7.58. The van der Waals surface area contributed by atoms with Gasteiger partial charge in [0.1, 0.15) is 5.82 Å². The topological polar surface area (TPSA) is 49.0 Å². The van der Waals surface area contributed by atoms with Gasteiger partial charge in [-0.3, -0.25) is 4.79 Å². The van der Waals surface area contributed by atoms with Crippen molar-refractivity contribution in [2.45, 2.75) is 31.6 Å². The lowest BCUT2D eigenvalue weighted by Gasteiger charge is -2.31. The third kappa shape index (κ3) is 4.21. The lowest BCUT2D eigenvalue weighted by atomic mass is 9.95. The second kappa shape index (κ2) is 7.78. The van der Waals surface area contributed by atoms with Gasteiger partial charge in [-0.15, -0.1) is 0 Å². The van der Waals surface area contributed by atoms with Crippen LogP contribution in [0.3, 0.4) is 0 Å². The molecule has 3 aromatic rings. The van der Waals surface area contributed by atoms with Gasteiger partial charge in [0.05, 0.1) is 0 Å². The summed E-state index contributed by atoms with van der Waals surface area (Å²) in [5.74, 6) is -1.46. The van der Waals surface area contributed by atoms with Crippen LogP contribution in [0.15, 0.2) is 60.9 Å². The first-order chi connectivity index (χ1) is 13.9. The number of piperidine rings is 1. The number of benzene rings is 2. The van der Waals surface area contributed by atoms with E-state index in [1.165, 1.54) is 12.1 Å². The van der Waals surface area contributed by atoms with Crippen LogP contribution in [0.1, 0.15) is 47.4 Å². The smallest absolute Gasteiger partial charge is 0.270 e. The summed E-state index contributed by atoms with van der Waals surface area (Å²) in [6.07, 6.45) is 5.38. The van der Waals surface area contributed by atoms with Gasteiger partial charge in [0.2, 0.25) is 0 Å². The van der Waals surface area contributed by atoms with Crippen LogP contribution in [-0.2, 0) is 5.92 Å². The first-order valence-corrected chi connectivity index (χ1v) is 9.79. The standard InChI is InChI=1S/C23H23F2N3O/c1-23(24,25)20-8-6-17(7-9-20)16-2-4-19(5-3-16)22(29)28-14-10-18(11-15-28)21-26-12-13-27-21/h2-9,12-13,18H,10-11,14-15H2,1H3,(H,26,27). The molecule has 1 aliphatic rings. The van der Waals surface area contributed by atoms with E-state index in [0.717, 1.165) is 36.7 Å². The number of halogens is 2.